The van der Waals surface area contributed by atoms with E-state index in [4.69, 9.17) is 0 Å². The van der Waals surface area contributed by atoms with Crippen LogP contribution in [-0.2, 0) is 9.59 Å². The number of hydrogen-bond donors (Lipinski definition) is 1. The van der Waals surface area contributed by atoms with Crippen LogP contribution in [0.25, 0.3) is 0 Å². The van der Waals surface area contributed by atoms with E-state index in [1.165, 1.54) is 11.1 Å². The van der Waals surface area contributed by atoms with Gasteiger partial charge in [-0.2, -0.15) is 0 Å². The molecule has 1 N–H and O–H groups in total. The quantitative estimate of drug-likeness (QED) is 0.491. The molecule has 0 amide bonds. The number of fused-ring (bicyclic) bond motifs is 7. The van der Waals surface area contributed by atoms with Crippen molar-refractivity contribution >= 4 is 11.8 Å². The molecular formula is C28H38O3. The van der Waals surface area contributed by atoms with E-state index in [1.54, 1.807) is 6.08 Å². The van der Waals surface area contributed by atoms with Crippen LogP contribution < -0.4 is 0 Å². The van der Waals surface area contributed by atoms with Crippen LogP contribution in [0.4, 0.5) is 0 Å². The van der Waals surface area contributed by atoms with Gasteiger partial charge in [0.25, 0.3) is 0 Å². The van der Waals surface area contributed by atoms with E-state index in [1.807, 2.05) is 6.08 Å². The first-order valence-electron chi connectivity index (χ1n) is 12.3. The molecule has 5 aliphatic carbocycles. The Labute approximate surface area is 187 Å². The summed E-state index contributed by atoms with van der Waals surface area (Å²) in [4.78, 5) is 24.7. The Kier molecular flexibility index (Phi) is 4.27. The highest BCUT2D eigenvalue weighted by Crippen LogP contribution is 2.73. The van der Waals surface area contributed by atoms with Crippen molar-refractivity contribution in [3.05, 3.63) is 35.5 Å². The summed E-state index contributed by atoms with van der Waals surface area (Å²) in [5, 5.41) is 10.4. The molecule has 5 aliphatic rings. The highest BCUT2D eigenvalue weighted by molar-refractivity contribution is 6.01. The SMILES string of the molecule is CC1(C)CC[C@]2(C(=O)O)CC[C@]3(C)C(=CC[C@@H]4[C@@]5(C)C=CC(=O)C=C5CC[C@]43C)C2C1. The third kappa shape index (κ3) is 2.58. The highest BCUT2D eigenvalue weighted by Gasteiger charge is 2.66. The van der Waals surface area contributed by atoms with E-state index in [-0.39, 0.29) is 33.4 Å². The Morgan fingerprint density at radius 1 is 1.03 bits per heavy atom. The largest absolute Gasteiger partial charge is 0.481 e. The monoisotopic (exact) mass is 422 g/mol. The Bertz CT molecular complexity index is 951. The molecule has 3 saturated carbocycles. The van der Waals surface area contributed by atoms with Gasteiger partial charge >= 0.3 is 5.97 Å². The van der Waals surface area contributed by atoms with E-state index in [0.29, 0.717) is 5.92 Å². The molecule has 0 radical (unpaired) electrons. The van der Waals surface area contributed by atoms with Gasteiger partial charge in [-0.3, -0.25) is 9.59 Å². The summed E-state index contributed by atoms with van der Waals surface area (Å²) in [7, 11) is 0. The molecule has 5 rings (SSSR count). The maximum absolute atomic E-state index is 12.7. The lowest BCUT2D eigenvalue weighted by atomic mass is 9.36. The molecule has 0 aliphatic heterocycles. The maximum atomic E-state index is 12.7. The molecule has 0 spiro atoms. The van der Waals surface area contributed by atoms with Gasteiger partial charge in [-0.25, -0.2) is 0 Å². The zero-order valence-corrected chi connectivity index (χ0v) is 19.9. The Balaban J connectivity index is 1.63. The summed E-state index contributed by atoms with van der Waals surface area (Å²) in [5.74, 6) is 0.158. The van der Waals surface area contributed by atoms with Crippen molar-refractivity contribution in [1.29, 1.82) is 0 Å². The molecule has 0 aromatic rings. The normalized spacial score (nSPS) is 47.8. The van der Waals surface area contributed by atoms with Gasteiger partial charge in [0.05, 0.1) is 5.41 Å². The molecule has 0 saturated heterocycles. The lowest BCUT2D eigenvalue weighted by molar-refractivity contribution is -0.166. The molecule has 31 heavy (non-hydrogen) atoms. The van der Waals surface area contributed by atoms with Gasteiger partial charge in [0.15, 0.2) is 5.78 Å². The maximum Gasteiger partial charge on any atom is 0.310 e. The Morgan fingerprint density at radius 2 is 1.74 bits per heavy atom. The smallest absolute Gasteiger partial charge is 0.310 e. The van der Waals surface area contributed by atoms with Crippen molar-refractivity contribution in [3.8, 4) is 0 Å². The second kappa shape index (κ2) is 6.23. The third-order valence-corrected chi connectivity index (χ3v) is 11.0. The van der Waals surface area contributed by atoms with Crippen molar-refractivity contribution in [2.45, 2.75) is 86.0 Å². The van der Waals surface area contributed by atoms with Gasteiger partial charge in [0.2, 0.25) is 0 Å². The van der Waals surface area contributed by atoms with Crippen LogP contribution in [0.3, 0.4) is 0 Å². The minimum atomic E-state index is -0.579. The van der Waals surface area contributed by atoms with Crippen LogP contribution in [0.5, 0.6) is 0 Å². The highest BCUT2D eigenvalue weighted by atomic mass is 16.4. The lowest BCUT2D eigenvalue weighted by Crippen LogP contribution is -2.61. The fourth-order valence-corrected chi connectivity index (χ4v) is 8.70. The minimum absolute atomic E-state index is 0.0246. The van der Waals surface area contributed by atoms with E-state index in [9.17, 15) is 14.7 Å². The summed E-state index contributed by atoms with van der Waals surface area (Å²) in [6, 6.07) is 0. The molecule has 3 nitrogen and oxygen atoms in total. The number of carbonyl (C=O) groups is 2. The topological polar surface area (TPSA) is 54.4 Å². The standard InChI is InChI=1S/C28H38O3/c1-24(2)12-14-28(23(30)31)15-13-26(4)20(21(28)17-24)6-7-22-25(3)10-9-19(29)16-18(25)8-11-27(22,26)5/h6,9-10,16,21-22H,7-8,11-15,17H2,1-5H3,(H,30,31)/t21?,22-,25+,26-,27-,28+/m1/s1. The summed E-state index contributed by atoms with van der Waals surface area (Å²) in [6.07, 6.45) is 15.9. The molecule has 0 bridgehead atoms. The Hall–Kier alpha value is -1.64. The van der Waals surface area contributed by atoms with Crippen molar-refractivity contribution in [2.75, 3.05) is 0 Å². The second-order valence-corrected chi connectivity index (χ2v) is 12.8. The van der Waals surface area contributed by atoms with Gasteiger partial charge in [-0.1, -0.05) is 57.9 Å². The fraction of sp³-hybridized carbons (Fsp3) is 0.714. The van der Waals surface area contributed by atoms with E-state index in [0.717, 1.165) is 51.4 Å². The van der Waals surface area contributed by atoms with E-state index >= 15 is 0 Å². The third-order valence-electron chi connectivity index (χ3n) is 11.0. The average molecular weight is 423 g/mol. The summed E-state index contributed by atoms with van der Waals surface area (Å²) in [5.41, 5.74) is 2.44. The van der Waals surface area contributed by atoms with Crippen molar-refractivity contribution in [1.82, 2.24) is 0 Å². The predicted octanol–water partition coefficient (Wildman–Crippen LogP) is 6.50. The average Bonchev–Trinajstić information content (AvgIpc) is 2.69. The molecule has 3 heteroatoms. The zero-order chi connectivity index (χ0) is 22.4. The van der Waals surface area contributed by atoms with E-state index < -0.39 is 11.4 Å². The van der Waals surface area contributed by atoms with Crippen LogP contribution in [0.2, 0.25) is 0 Å². The number of allylic oxidation sites excluding steroid dienone is 6. The first-order valence-corrected chi connectivity index (χ1v) is 12.3. The number of hydrogen-bond acceptors (Lipinski definition) is 2. The number of ketones is 1. The molecule has 1 unspecified atom stereocenters. The molecule has 3 fully saturated rings. The molecule has 0 heterocycles. The predicted molar refractivity (Wildman–Crippen MR) is 122 cm³/mol. The van der Waals surface area contributed by atoms with Gasteiger partial charge < -0.3 is 5.11 Å². The van der Waals surface area contributed by atoms with Crippen LogP contribution in [0.1, 0.15) is 86.0 Å². The number of carboxylic acids is 1. The Morgan fingerprint density at radius 3 is 2.45 bits per heavy atom. The lowest BCUT2D eigenvalue weighted by Gasteiger charge is -2.67. The molecule has 0 aromatic carbocycles. The molecule has 168 valence electrons. The van der Waals surface area contributed by atoms with Gasteiger partial charge in [-0.15, -0.1) is 0 Å². The number of aliphatic carboxylic acids is 1. The second-order valence-electron chi connectivity index (χ2n) is 12.8. The number of carboxylic acid groups (broad SMARTS) is 1. The number of carbonyl (C=O) groups excluding carboxylic acids is 1. The van der Waals surface area contributed by atoms with Crippen molar-refractivity contribution in [2.24, 2.45) is 38.9 Å². The fourth-order valence-electron chi connectivity index (χ4n) is 8.70. The van der Waals surface area contributed by atoms with E-state index in [2.05, 4.69) is 46.8 Å². The summed E-state index contributed by atoms with van der Waals surface area (Å²) >= 11 is 0. The van der Waals surface area contributed by atoms with Gasteiger partial charge in [0.1, 0.15) is 0 Å². The molecular weight excluding hydrogens is 384 g/mol. The minimum Gasteiger partial charge on any atom is -0.481 e. The number of rotatable bonds is 1. The van der Waals surface area contributed by atoms with Crippen LogP contribution in [0.15, 0.2) is 35.5 Å². The van der Waals surface area contributed by atoms with Gasteiger partial charge in [-0.05, 0) is 91.6 Å². The van der Waals surface area contributed by atoms with Crippen LogP contribution in [0, 0.1) is 38.9 Å². The molecule has 6 atom stereocenters. The summed E-state index contributed by atoms with van der Waals surface area (Å²) in [6.45, 7) is 11.9. The summed E-state index contributed by atoms with van der Waals surface area (Å²) < 4.78 is 0. The van der Waals surface area contributed by atoms with Crippen molar-refractivity contribution in [3.63, 3.8) is 0 Å². The zero-order valence-electron chi connectivity index (χ0n) is 19.9. The first kappa shape index (κ1) is 21.2. The van der Waals surface area contributed by atoms with Gasteiger partial charge in [0, 0.05) is 5.41 Å². The first-order chi connectivity index (χ1) is 14.4. The van der Waals surface area contributed by atoms with Crippen LogP contribution >= 0.6 is 0 Å². The van der Waals surface area contributed by atoms with Crippen LogP contribution in [-0.4, -0.2) is 16.9 Å². The van der Waals surface area contributed by atoms with Crippen molar-refractivity contribution < 1.29 is 14.7 Å². The molecule has 0 aromatic heterocycles.